The zero-order valence-electron chi connectivity index (χ0n) is 21.1. The van der Waals surface area contributed by atoms with E-state index in [1.54, 1.807) is 20.8 Å². The van der Waals surface area contributed by atoms with E-state index < -0.39 is 58.0 Å². The summed E-state index contributed by atoms with van der Waals surface area (Å²) < 4.78 is 54.3. The Bertz CT molecular complexity index is 1550. The number of fused-ring (bicyclic) bond motifs is 1. The molecule has 0 aromatic heterocycles. The van der Waals surface area contributed by atoms with Crippen molar-refractivity contribution in [3.63, 3.8) is 0 Å². The number of rotatable bonds is 6. The van der Waals surface area contributed by atoms with Gasteiger partial charge in [0.2, 0.25) is 0 Å². The van der Waals surface area contributed by atoms with Crippen molar-refractivity contribution in [2.24, 2.45) is 23.7 Å². The molecule has 6 atom stereocenters. The molecule has 1 N–H and O–H groups in total. The number of hydrogen-bond donors (Lipinski definition) is 1. The van der Waals surface area contributed by atoms with Crippen molar-refractivity contribution < 1.29 is 41.6 Å². The van der Waals surface area contributed by atoms with Crippen molar-refractivity contribution in [3.05, 3.63) is 49.2 Å². The monoisotopic (exact) mass is 1020 g/mol. The molecule has 3 fully saturated rings. The van der Waals surface area contributed by atoms with E-state index in [-0.39, 0.29) is 22.5 Å². The van der Waals surface area contributed by atoms with Crippen LogP contribution in [0, 0.1) is 44.9 Å². The van der Waals surface area contributed by atoms with Crippen molar-refractivity contribution in [2.45, 2.75) is 50.2 Å². The summed E-state index contributed by atoms with van der Waals surface area (Å²) >= 11 is 8.56. The maximum atomic E-state index is 13.6. The van der Waals surface area contributed by atoms with E-state index >= 15 is 0 Å². The molecule has 6 unspecified atom stereocenters. The second-order valence-electron chi connectivity index (χ2n) is 10.4. The smallest absolute Gasteiger partial charge is 0.340 e. The van der Waals surface area contributed by atoms with E-state index in [0.717, 1.165) is 14.3 Å². The minimum Gasteiger partial charge on any atom is -0.458 e. The van der Waals surface area contributed by atoms with Crippen molar-refractivity contribution in [1.29, 1.82) is 0 Å². The first-order valence-electron chi connectivity index (χ1n) is 12.2. The zero-order valence-corrected chi connectivity index (χ0v) is 30.6. The highest BCUT2D eigenvalue weighted by atomic mass is 127. The van der Waals surface area contributed by atoms with E-state index in [4.69, 9.17) is 14.2 Å². The van der Waals surface area contributed by atoms with Crippen LogP contribution in [0.15, 0.2) is 23.1 Å². The van der Waals surface area contributed by atoms with Gasteiger partial charge in [0.05, 0.1) is 22.3 Å². The largest absolute Gasteiger partial charge is 0.458 e. The van der Waals surface area contributed by atoms with Gasteiger partial charge in [0.15, 0.2) is 0 Å². The van der Waals surface area contributed by atoms with Gasteiger partial charge in [0.25, 0.3) is 10.1 Å². The lowest BCUT2D eigenvalue weighted by Gasteiger charge is -2.30. The van der Waals surface area contributed by atoms with Gasteiger partial charge in [0, 0.05) is 26.1 Å². The quantitative estimate of drug-likeness (QED) is 0.127. The third-order valence-electron chi connectivity index (χ3n) is 7.79. The third kappa shape index (κ3) is 5.31. The number of carbonyl (C=O) groups excluding carboxylic acids is 3. The lowest BCUT2D eigenvalue weighted by atomic mass is 9.78. The van der Waals surface area contributed by atoms with E-state index in [1.165, 1.54) is 12.1 Å². The van der Waals surface area contributed by atoms with Crippen LogP contribution in [0.2, 0.25) is 0 Å². The Labute approximate surface area is 285 Å². The van der Waals surface area contributed by atoms with Gasteiger partial charge in [-0.25, -0.2) is 4.79 Å². The normalized spacial score (nSPS) is 26.8. The number of carbonyl (C=O) groups is 3. The summed E-state index contributed by atoms with van der Waals surface area (Å²) in [5, 5.41) is 0. The van der Waals surface area contributed by atoms with Gasteiger partial charge >= 0.3 is 17.9 Å². The first-order valence-corrected chi connectivity index (χ1v) is 18.0. The molecule has 2 aliphatic carbocycles. The zero-order chi connectivity index (χ0) is 29.4. The number of ether oxygens (including phenoxy) is 3. The maximum absolute atomic E-state index is 13.6. The number of halogens is 4. The Morgan fingerprint density at radius 3 is 2.25 bits per heavy atom. The fourth-order valence-corrected chi connectivity index (χ4v) is 10.5. The summed E-state index contributed by atoms with van der Waals surface area (Å²) in [7, 11) is -4.49. The second-order valence-corrected chi connectivity index (χ2v) is 16.3. The predicted octanol–water partition coefficient (Wildman–Crippen LogP) is 5.72. The van der Waals surface area contributed by atoms with Gasteiger partial charge in [-0.1, -0.05) is 13.8 Å². The van der Waals surface area contributed by atoms with Gasteiger partial charge in [-0.3, -0.25) is 14.1 Å². The molecule has 2 saturated carbocycles. The molecule has 3 aliphatic rings. The van der Waals surface area contributed by atoms with E-state index in [0.29, 0.717) is 23.1 Å². The molecule has 0 amide bonds. The Hall–Kier alpha value is -0.320. The van der Waals surface area contributed by atoms with Crippen LogP contribution in [-0.2, 0) is 29.2 Å². The Morgan fingerprint density at radius 1 is 1.05 bits per heavy atom. The lowest BCUT2D eigenvalue weighted by Crippen LogP contribution is -2.44. The summed E-state index contributed by atoms with van der Waals surface area (Å²) in [6.45, 7) is 5.08. The van der Waals surface area contributed by atoms with Gasteiger partial charge in [-0.05, 0) is 139 Å². The standard InChI is InChI=1S/C26H22I4O9S/c1-8(2)10-6-15(9(3)4-16(10)40(34,35)36)37-24(31)17-11-5-12-18(17)25(32)38-22(12)23(11)39-26(33)19-20(29)13(27)7-14(28)21(19)30/h4,6-8,11-12,17-18,22-23H,5H2,1-3H3,(H,34,35,36). The van der Waals surface area contributed by atoms with Crippen LogP contribution in [0.3, 0.4) is 0 Å². The van der Waals surface area contributed by atoms with Gasteiger partial charge in [0.1, 0.15) is 18.0 Å². The number of hydrogen-bond acceptors (Lipinski definition) is 8. The maximum Gasteiger partial charge on any atom is 0.340 e. The van der Waals surface area contributed by atoms with E-state index in [1.807, 2.05) is 6.07 Å². The number of benzene rings is 2. The SMILES string of the molecule is Cc1cc(S(=O)(=O)O)c(C(C)C)cc1OC(=O)C1C2CC3C(OC(=O)C31)C2OC(=O)c1c(I)c(I)cc(I)c1I. The fraction of sp³-hybridized carbons (Fsp3) is 0.423. The van der Waals surface area contributed by atoms with Crippen molar-refractivity contribution >= 4 is 118 Å². The van der Waals surface area contributed by atoms with Crippen LogP contribution < -0.4 is 4.74 Å². The van der Waals surface area contributed by atoms with Crippen molar-refractivity contribution in [2.75, 3.05) is 0 Å². The van der Waals surface area contributed by atoms with Gasteiger partial charge in [-0.15, -0.1) is 0 Å². The summed E-state index contributed by atoms with van der Waals surface area (Å²) in [4.78, 5) is 39.7. The summed E-state index contributed by atoms with van der Waals surface area (Å²) in [5.41, 5.74) is 1.07. The molecule has 5 rings (SSSR count). The molecule has 40 heavy (non-hydrogen) atoms. The minimum absolute atomic E-state index is 0.137. The molecule has 14 heteroatoms. The molecule has 1 aliphatic heterocycles. The van der Waals surface area contributed by atoms with E-state index in [2.05, 4.69) is 90.4 Å². The van der Waals surface area contributed by atoms with Gasteiger partial charge in [-0.2, -0.15) is 8.42 Å². The molecule has 9 nitrogen and oxygen atoms in total. The van der Waals surface area contributed by atoms with Gasteiger partial charge < -0.3 is 14.2 Å². The second kappa shape index (κ2) is 11.3. The van der Waals surface area contributed by atoms with Crippen LogP contribution in [0.4, 0.5) is 0 Å². The molecular weight excluding hydrogens is 996 g/mol. The summed E-state index contributed by atoms with van der Waals surface area (Å²) in [6, 6.07) is 4.68. The van der Waals surface area contributed by atoms with Crippen LogP contribution in [-0.4, -0.2) is 43.1 Å². The Balaban J connectivity index is 1.44. The molecule has 2 aromatic carbocycles. The Morgan fingerprint density at radius 2 is 1.68 bits per heavy atom. The first kappa shape index (κ1) is 31.1. The highest BCUT2D eigenvalue weighted by molar-refractivity contribution is 14.1. The molecule has 0 spiro atoms. The molecule has 2 bridgehead atoms. The van der Waals surface area contributed by atoms with Crippen molar-refractivity contribution in [1.82, 2.24) is 0 Å². The molecule has 1 heterocycles. The predicted molar refractivity (Wildman–Crippen MR) is 176 cm³/mol. The number of esters is 3. The summed E-state index contributed by atoms with van der Waals surface area (Å²) in [6.07, 6.45) is -0.931. The van der Waals surface area contributed by atoms with Crippen molar-refractivity contribution in [3.8, 4) is 5.75 Å². The molecular formula is C26H22I4O9S. The van der Waals surface area contributed by atoms with E-state index in [9.17, 15) is 27.4 Å². The minimum atomic E-state index is -4.49. The average molecular weight is 1020 g/mol. The average Bonchev–Trinajstić information content (AvgIpc) is 3.47. The van der Waals surface area contributed by atoms with Crippen LogP contribution in [0.5, 0.6) is 5.75 Å². The fourth-order valence-electron chi connectivity index (χ4n) is 6.04. The first-order chi connectivity index (χ1) is 18.6. The highest BCUT2D eigenvalue weighted by Gasteiger charge is 2.70. The topological polar surface area (TPSA) is 133 Å². The van der Waals surface area contributed by atoms with Crippen LogP contribution in [0.1, 0.15) is 47.7 Å². The highest BCUT2D eigenvalue weighted by Crippen LogP contribution is 2.59. The van der Waals surface area contributed by atoms with Crippen LogP contribution >= 0.6 is 90.4 Å². The third-order valence-corrected chi connectivity index (χ3v) is 14.7. The van der Waals surface area contributed by atoms with Crippen LogP contribution in [0.25, 0.3) is 0 Å². The summed E-state index contributed by atoms with van der Waals surface area (Å²) in [5.74, 6) is -4.18. The molecule has 2 aromatic rings. The molecule has 0 radical (unpaired) electrons. The molecule has 1 saturated heterocycles. The molecule has 214 valence electrons. The lowest BCUT2D eigenvalue weighted by molar-refractivity contribution is -0.149. The number of aryl methyl sites for hydroxylation is 1. The Kier molecular flexibility index (Phi) is 8.80.